The zero-order valence-electron chi connectivity index (χ0n) is 24.1. The van der Waals surface area contributed by atoms with Crippen LogP contribution in [0.1, 0.15) is 81.6 Å². The molecular weight excluding hydrogens is 540 g/mol. The molecular formula is C33H39F2N3O4. The first kappa shape index (κ1) is 28.6. The number of carbonyl (C=O) groups is 1. The van der Waals surface area contributed by atoms with Gasteiger partial charge in [0.15, 0.2) is 28.8 Å². The molecule has 9 heteroatoms. The van der Waals surface area contributed by atoms with Crippen molar-refractivity contribution in [2.45, 2.75) is 88.3 Å². The van der Waals surface area contributed by atoms with Crippen LogP contribution in [0.2, 0.25) is 0 Å². The Bertz CT molecular complexity index is 1430. The second-order valence-corrected chi connectivity index (χ2v) is 11.9. The molecule has 2 unspecified atom stereocenters. The fourth-order valence-electron chi connectivity index (χ4n) is 7.06. The fraction of sp³-hybridized carbons (Fsp3) is 0.515. The van der Waals surface area contributed by atoms with Crippen LogP contribution in [-0.4, -0.2) is 35.4 Å². The zero-order chi connectivity index (χ0) is 29.1. The van der Waals surface area contributed by atoms with Crippen LogP contribution >= 0.6 is 0 Å². The van der Waals surface area contributed by atoms with Gasteiger partial charge in [-0.3, -0.25) is 4.79 Å². The first-order valence-corrected chi connectivity index (χ1v) is 15.2. The summed E-state index contributed by atoms with van der Waals surface area (Å²) in [6.07, 6.45) is 11.9. The van der Waals surface area contributed by atoms with Crippen LogP contribution in [-0.2, 0) is 31.0 Å². The van der Waals surface area contributed by atoms with E-state index in [4.69, 9.17) is 19.2 Å². The van der Waals surface area contributed by atoms with Crippen molar-refractivity contribution in [3.8, 4) is 0 Å². The number of rotatable bonds is 9. The molecule has 2 aliphatic carbocycles. The smallest absolute Gasteiger partial charge is 0.243 e. The van der Waals surface area contributed by atoms with Crippen LogP contribution in [0.15, 0.2) is 54.5 Å². The zero-order valence-corrected chi connectivity index (χ0v) is 24.1. The Morgan fingerprint density at radius 2 is 1.74 bits per heavy atom. The molecule has 3 aliphatic rings. The molecule has 7 nitrogen and oxygen atoms in total. The molecule has 2 atom stereocenters. The molecule has 3 aromatic rings. The Balaban J connectivity index is 1.57. The van der Waals surface area contributed by atoms with Gasteiger partial charge in [-0.2, -0.15) is 0 Å². The van der Waals surface area contributed by atoms with Crippen LogP contribution in [0.5, 0.6) is 0 Å². The lowest BCUT2D eigenvalue weighted by Gasteiger charge is -2.37. The largest absolute Gasteiger partial charge is 0.461 e. The van der Waals surface area contributed by atoms with Gasteiger partial charge in [-0.05, 0) is 37.2 Å². The minimum absolute atomic E-state index is 0.00684. The Kier molecular flexibility index (Phi) is 8.47. The van der Waals surface area contributed by atoms with Crippen molar-refractivity contribution in [3.05, 3.63) is 77.5 Å². The minimum Gasteiger partial charge on any atom is -0.461 e. The fourth-order valence-corrected chi connectivity index (χ4v) is 7.06. The molecule has 2 fully saturated rings. The molecule has 224 valence electrons. The third-order valence-corrected chi connectivity index (χ3v) is 9.20. The summed E-state index contributed by atoms with van der Waals surface area (Å²) in [5.74, 6) is -1.35. The lowest BCUT2D eigenvalue weighted by molar-refractivity contribution is -0.127. The molecule has 0 spiro atoms. The monoisotopic (exact) mass is 579 g/mol. The number of methoxy groups -OCH3 is 1. The highest BCUT2D eigenvalue weighted by atomic mass is 19.2. The van der Waals surface area contributed by atoms with E-state index in [-0.39, 0.29) is 30.2 Å². The van der Waals surface area contributed by atoms with Crippen molar-refractivity contribution in [1.29, 1.82) is 0 Å². The summed E-state index contributed by atoms with van der Waals surface area (Å²) in [5.41, 5.74) is 0.214. The lowest BCUT2D eigenvalue weighted by atomic mass is 9.82. The van der Waals surface area contributed by atoms with E-state index in [1.54, 1.807) is 7.11 Å². The van der Waals surface area contributed by atoms with Crippen molar-refractivity contribution >= 4 is 16.9 Å². The summed E-state index contributed by atoms with van der Waals surface area (Å²) in [4.78, 5) is 19.3. The number of halogens is 2. The number of nitrogens with one attached hydrogen (secondary N) is 1. The summed E-state index contributed by atoms with van der Waals surface area (Å²) in [7, 11) is 1.56. The van der Waals surface area contributed by atoms with Crippen molar-refractivity contribution in [1.82, 2.24) is 14.9 Å². The van der Waals surface area contributed by atoms with Gasteiger partial charge in [0, 0.05) is 31.7 Å². The van der Waals surface area contributed by atoms with E-state index in [1.165, 1.54) is 12.7 Å². The predicted octanol–water partition coefficient (Wildman–Crippen LogP) is 6.81. The van der Waals surface area contributed by atoms with Gasteiger partial charge in [0.25, 0.3) is 0 Å². The van der Waals surface area contributed by atoms with E-state index in [2.05, 4.69) is 5.32 Å². The van der Waals surface area contributed by atoms with E-state index < -0.39 is 23.3 Å². The van der Waals surface area contributed by atoms with E-state index in [9.17, 15) is 13.6 Å². The van der Waals surface area contributed by atoms with E-state index in [0.29, 0.717) is 23.5 Å². The molecule has 2 saturated carbocycles. The maximum Gasteiger partial charge on any atom is 0.243 e. The number of aromatic nitrogens is 2. The molecule has 1 N–H and O–H groups in total. The molecule has 2 heterocycles. The highest BCUT2D eigenvalue weighted by molar-refractivity contribution is 5.85. The van der Waals surface area contributed by atoms with Gasteiger partial charge >= 0.3 is 0 Å². The van der Waals surface area contributed by atoms with E-state index in [0.717, 1.165) is 75.5 Å². The Morgan fingerprint density at radius 3 is 2.40 bits per heavy atom. The topological polar surface area (TPSA) is 74.6 Å². The third-order valence-electron chi connectivity index (χ3n) is 9.20. The second-order valence-electron chi connectivity index (χ2n) is 11.9. The minimum atomic E-state index is -1.33. The van der Waals surface area contributed by atoms with Crippen molar-refractivity contribution in [2.75, 3.05) is 13.9 Å². The third kappa shape index (κ3) is 5.51. The van der Waals surface area contributed by atoms with Gasteiger partial charge < -0.3 is 24.1 Å². The highest BCUT2D eigenvalue weighted by Crippen LogP contribution is 2.44. The number of carbonyl (C=O) groups excluding carboxylic acids is 1. The Labute approximate surface area is 245 Å². The van der Waals surface area contributed by atoms with Crippen molar-refractivity contribution in [3.63, 3.8) is 0 Å². The lowest BCUT2D eigenvalue weighted by Crippen LogP contribution is -2.46. The second kappa shape index (κ2) is 12.4. The Hall–Kier alpha value is -3.46. The normalized spacial score (nSPS) is 20.4. The van der Waals surface area contributed by atoms with Crippen molar-refractivity contribution < 1.29 is 27.8 Å². The average molecular weight is 580 g/mol. The highest BCUT2D eigenvalue weighted by Gasteiger charge is 2.48. The van der Waals surface area contributed by atoms with E-state index in [1.807, 2.05) is 34.9 Å². The number of benzene rings is 2. The average Bonchev–Trinajstić information content (AvgIpc) is 3.68. The van der Waals surface area contributed by atoms with Gasteiger partial charge in [0.2, 0.25) is 12.7 Å². The van der Waals surface area contributed by atoms with Crippen LogP contribution in [0.3, 0.4) is 0 Å². The SMILES string of the molecule is COC(Cc1ccccc1)(C1=COCO1)c1nc2cc(F)c(F)cc2n1C(C(=O)NC1CCCCC1)C1CCCCC1. The summed E-state index contributed by atoms with van der Waals surface area (Å²) in [5, 5.41) is 3.34. The molecule has 42 heavy (non-hydrogen) atoms. The van der Waals surface area contributed by atoms with Gasteiger partial charge in [0.1, 0.15) is 12.3 Å². The molecule has 0 bridgehead atoms. The first-order chi connectivity index (χ1) is 20.5. The van der Waals surface area contributed by atoms with Gasteiger partial charge in [-0.1, -0.05) is 68.9 Å². The molecule has 2 aromatic carbocycles. The number of amides is 1. The Morgan fingerprint density at radius 1 is 1.05 bits per heavy atom. The number of fused-ring (bicyclic) bond motifs is 1. The number of ether oxygens (including phenoxy) is 3. The van der Waals surface area contributed by atoms with Crippen LogP contribution in [0.4, 0.5) is 8.78 Å². The maximum atomic E-state index is 14.9. The molecule has 0 saturated heterocycles. The molecule has 6 rings (SSSR count). The quantitative estimate of drug-likeness (QED) is 0.301. The summed E-state index contributed by atoms with van der Waals surface area (Å²) in [6.45, 7) is 0.00688. The maximum absolute atomic E-state index is 14.9. The number of imidazole rings is 1. The van der Waals surface area contributed by atoms with Crippen LogP contribution in [0, 0.1) is 17.6 Å². The van der Waals surface area contributed by atoms with Crippen molar-refractivity contribution in [2.24, 2.45) is 5.92 Å². The number of nitrogens with zero attached hydrogens (tertiary/aromatic N) is 2. The molecule has 0 radical (unpaired) electrons. The summed E-state index contributed by atoms with van der Waals surface area (Å²) in [6, 6.07) is 11.4. The number of hydrogen-bond acceptors (Lipinski definition) is 5. The first-order valence-electron chi connectivity index (χ1n) is 15.2. The van der Waals surface area contributed by atoms with Gasteiger partial charge in [-0.25, -0.2) is 13.8 Å². The standard InChI is InChI=1S/C33H39F2N3O4/c1-40-33(29-20-41-21-42-29,19-22-11-5-2-6-12-22)32-37-27-17-25(34)26(35)18-28(27)38(32)30(23-13-7-3-8-14-23)31(39)36-24-15-9-4-10-16-24/h2,5-6,11-12,17-18,20,23-24,30H,3-4,7-10,13-16,19,21H2,1H3,(H,36,39). The van der Waals surface area contributed by atoms with Crippen LogP contribution < -0.4 is 5.32 Å². The predicted molar refractivity (Wildman–Crippen MR) is 154 cm³/mol. The molecule has 1 aliphatic heterocycles. The summed E-state index contributed by atoms with van der Waals surface area (Å²) < 4.78 is 49.2. The summed E-state index contributed by atoms with van der Waals surface area (Å²) >= 11 is 0. The van der Waals surface area contributed by atoms with Crippen LogP contribution in [0.25, 0.3) is 11.0 Å². The van der Waals surface area contributed by atoms with E-state index >= 15 is 0 Å². The van der Waals surface area contributed by atoms with Gasteiger partial charge in [-0.15, -0.1) is 0 Å². The number of hydrogen-bond donors (Lipinski definition) is 1. The molecule has 1 amide bonds. The van der Waals surface area contributed by atoms with Gasteiger partial charge in [0.05, 0.1) is 11.0 Å². The molecule has 1 aromatic heterocycles.